The third-order valence-corrected chi connectivity index (χ3v) is 3.94. The molecule has 0 amide bonds. The van der Waals surface area contributed by atoms with Crippen molar-refractivity contribution >= 4 is 27.1 Å². The van der Waals surface area contributed by atoms with Gasteiger partial charge in [0.15, 0.2) is 0 Å². The molecule has 21 heavy (non-hydrogen) atoms. The third-order valence-electron chi connectivity index (χ3n) is 3.51. The van der Waals surface area contributed by atoms with Crippen LogP contribution in [0.1, 0.15) is 5.56 Å². The van der Waals surface area contributed by atoms with Crippen molar-refractivity contribution in [2.24, 2.45) is 0 Å². The highest BCUT2D eigenvalue weighted by Gasteiger charge is 2.08. The Bertz CT molecular complexity index is 839. The summed E-state index contributed by atoms with van der Waals surface area (Å²) in [5, 5.41) is 9.25. The first-order valence-corrected chi connectivity index (χ1v) is 7.37. The average Bonchev–Trinajstić information content (AvgIpc) is 2.90. The molecule has 0 unspecified atom stereocenters. The van der Waals surface area contributed by atoms with Gasteiger partial charge in [-0.25, -0.2) is 0 Å². The van der Waals surface area contributed by atoms with Crippen LogP contribution in [0.25, 0.3) is 16.6 Å². The maximum absolute atomic E-state index is 9.25. The number of fused-ring (bicyclic) bond motifs is 1. The van der Waals surface area contributed by atoms with Crippen LogP contribution in [-0.2, 0) is 0 Å². The maximum atomic E-state index is 9.25. The van der Waals surface area contributed by atoms with Crippen molar-refractivity contribution in [3.63, 3.8) is 0 Å². The van der Waals surface area contributed by atoms with Crippen LogP contribution in [-0.4, -0.2) is 18.5 Å². The van der Waals surface area contributed by atoms with Gasteiger partial charge in [0.1, 0.15) is 6.07 Å². The number of hydrogen-bond acceptors (Lipinski definition) is 2. The molecular formula is C17H14BrN3. The van der Waals surface area contributed by atoms with Gasteiger partial charge in [0.05, 0.1) is 11.1 Å². The quantitative estimate of drug-likeness (QED) is 0.696. The smallest absolute Gasteiger partial charge is 0.101 e. The van der Waals surface area contributed by atoms with E-state index in [1.165, 1.54) is 5.69 Å². The molecule has 3 nitrogen and oxygen atoms in total. The van der Waals surface area contributed by atoms with Crippen molar-refractivity contribution in [1.29, 1.82) is 5.26 Å². The Labute approximate surface area is 132 Å². The van der Waals surface area contributed by atoms with Gasteiger partial charge >= 0.3 is 0 Å². The lowest BCUT2D eigenvalue weighted by molar-refractivity contribution is 1.13. The fourth-order valence-electron chi connectivity index (χ4n) is 2.38. The van der Waals surface area contributed by atoms with Crippen LogP contribution in [0.5, 0.6) is 0 Å². The second kappa shape index (κ2) is 5.27. The fourth-order valence-corrected chi connectivity index (χ4v) is 2.83. The number of rotatable bonds is 2. The van der Waals surface area contributed by atoms with Gasteiger partial charge in [0, 0.05) is 42.2 Å². The normalized spacial score (nSPS) is 10.6. The SMILES string of the molecule is CN(C)c1ccc(-c2cc3c(C#N)cc(Br)cn3c2)cc1. The number of pyridine rings is 1. The molecular weight excluding hydrogens is 326 g/mol. The average molecular weight is 340 g/mol. The Morgan fingerprint density at radius 3 is 2.38 bits per heavy atom. The summed E-state index contributed by atoms with van der Waals surface area (Å²) in [4.78, 5) is 2.07. The highest BCUT2D eigenvalue weighted by molar-refractivity contribution is 9.10. The van der Waals surface area contributed by atoms with Gasteiger partial charge in [-0.15, -0.1) is 0 Å². The maximum Gasteiger partial charge on any atom is 0.101 e. The molecule has 2 heterocycles. The molecule has 0 radical (unpaired) electrons. The van der Waals surface area contributed by atoms with Gasteiger partial charge in [-0.05, 0) is 45.8 Å². The molecule has 0 N–H and O–H groups in total. The number of halogens is 1. The third kappa shape index (κ3) is 2.53. The molecule has 0 spiro atoms. The van der Waals surface area contributed by atoms with E-state index in [0.717, 1.165) is 21.1 Å². The molecule has 3 aromatic rings. The van der Waals surface area contributed by atoms with E-state index in [9.17, 15) is 5.26 Å². The van der Waals surface area contributed by atoms with Crippen molar-refractivity contribution in [3.05, 3.63) is 58.8 Å². The summed E-state index contributed by atoms with van der Waals surface area (Å²) in [7, 11) is 4.05. The van der Waals surface area contributed by atoms with Crippen LogP contribution in [0.2, 0.25) is 0 Å². The standard InChI is InChI=1S/C17H14BrN3/c1-20(2)16-5-3-12(4-6-16)14-8-17-13(9-19)7-15(18)11-21(17)10-14/h3-8,10-11H,1-2H3. The Morgan fingerprint density at radius 2 is 1.76 bits per heavy atom. The number of nitriles is 1. The Hall–Kier alpha value is -2.25. The van der Waals surface area contributed by atoms with E-state index in [1.54, 1.807) is 0 Å². The molecule has 0 saturated heterocycles. The number of hydrogen-bond donors (Lipinski definition) is 0. The van der Waals surface area contributed by atoms with Gasteiger partial charge in [-0.1, -0.05) is 12.1 Å². The molecule has 0 fully saturated rings. The minimum atomic E-state index is 0.667. The van der Waals surface area contributed by atoms with Gasteiger partial charge < -0.3 is 9.30 Å². The molecule has 104 valence electrons. The summed E-state index contributed by atoms with van der Waals surface area (Å²) in [6.07, 6.45) is 4.01. The lowest BCUT2D eigenvalue weighted by Gasteiger charge is -2.12. The number of aromatic nitrogens is 1. The van der Waals surface area contributed by atoms with Crippen LogP contribution >= 0.6 is 15.9 Å². The largest absolute Gasteiger partial charge is 0.378 e. The molecule has 1 aromatic carbocycles. The van der Waals surface area contributed by atoms with E-state index < -0.39 is 0 Å². The van der Waals surface area contributed by atoms with Gasteiger partial charge in [0.25, 0.3) is 0 Å². The van der Waals surface area contributed by atoms with Crippen LogP contribution in [0.4, 0.5) is 5.69 Å². The molecule has 2 aromatic heterocycles. The van der Waals surface area contributed by atoms with Crippen LogP contribution in [0.15, 0.2) is 53.3 Å². The van der Waals surface area contributed by atoms with E-state index in [0.29, 0.717) is 5.56 Å². The van der Waals surface area contributed by atoms with E-state index in [1.807, 2.05) is 37.0 Å². The lowest BCUT2D eigenvalue weighted by Crippen LogP contribution is -2.07. The summed E-state index contributed by atoms with van der Waals surface area (Å²) in [6.45, 7) is 0. The summed E-state index contributed by atoms with van der Waals surface area (Å²) in [6, 6.07) is 14.5. The number of anilines is 1. The van der Waals surface area contributed by atoms with E-state index in [-0.39, 0.29) is 0 Å². The number of benzene rings is 1. The first-order chi connectivity index (χ1) is 10.1. The van der Waals surface area contributed by atoms with E-state index in [4.69, 9.17) is 0 Å². The summed E-state index contributed by atoms with van der Waals surface area (Å²) < 4.78 is 2.88. The minimum Gasteiger partial charge on any atom is -0.378 e. The number of nitrogens with zero attached hydrogens (tertiary/aromatic N) is 3. The molecule has 3 rings (SSSR count). The predicted octanol–water partition coefficient (Wildman–Crippen LogP) is 4.31. The second-order valence-electron chi connectivity index (χ2n) is 5.15. The molecule has 0 atom stereocenters. The van der Waals surface area contributed by atoms with Crippen LogP contribution < -0.4 is 4.90 Å². The fraction of sp³-hybridized carbons (Fsp3) is 0.118. The molecule has 0 bridgehead atoms. The predicted molar refractivity (Wildman–Crippen MR) is 89.6 cm³/mol. The Kier molecular flexibility index (Phi) is 3.44. The molecule has 4 heteroatoms. The molecule has 0 aliphatic rings. The Morgan fingerprint density at radius 1 is 1.05 bits per heavy atom. The summed E-state index contributed by atoms with van der Waals surface area (Å²) >= 11 is 3.44. The summed E-state index contributed by atoms with van der Waals surface area (Å²) in [5.41, 5.74) is 5.01. The van der Waals surface area contributed by atoms with Gasteiger partial charge in [0.2, 0.25) is 0 Å². The highest BCUT2D eigenvalue weighted by Crippen LogP contribution is 2.27. The molecule has 0 saturated carbocycles. The van der Waals surface area contributed by atoms with Crippen molar-refractivity contribution in [1.82, 2.24) is 4.40 Å². The van der Waals surface area contributed by atoms with Crippen LogP contribution in [0, 0.1) is 11.3 Å². The van der Waals surface area contributed by atoms with Crippen molar-refractivity contribution in [2.75, 3.05) is 19.0 Å². The highest BCUT2D eigenvalue weighted by atomic mass is 79.9. The van der Waals surface area contributed by atoms with Crippen LogP contribution in [0.3, 0.4) is 0 Å². The topological polar surface area (TPSA) is 31.4 Å². The Balaban J connectivity index is 2.11. The second-order valence-corrected chi connectivity index (χ2v) is 6.06. The first-order valence-electron chi connectivity index (χ1n) is 6.57. The first kappa shape index (κ1) is 13.7. The summed E-state index contributed by atoms with van der Waals surface area (Å²) in [5.74, 6) is 0. The van der Waals surface area contributed by atoms with Crippen molar-refractivity contribution in [3.8, 4) is 17.2 Å². The van der Waals surface area contributed by atoms with E-state index in [2.05, 4.69) is 57.2 Å². The molecule has 0 aliphatic carbocycles. The van der Waals surface area contributed by atoms with Crippen molar-refractivity contribution < 1.29 is 0 Å². The van der Waals surface area contributed by atoms with Gasteiger partial charge in [-0.2, -0.15) is 5.26 Å². The zero-order chi connectivity index (χ0) is 15.0. The van der Waals surface area contributed by atoms with Gasteiger partial charge in [-0.3, -0.25) is 0 Å². The van der Waals surface area contributed by atoms with E-state index >= 15 is 0 Å². The lowest BCUT2D eigenvalue weighted by atomic mass is 10.1. The molecule has 0 aliphatic heterocycles. The zero-order valence-corrected chi connectivity index (χ0v) is 13.4. The minimum absolute atomic E-state index is 0.667. The monoisotopic (exact) mass is 339 g/mol. The van der Waals surface area contributed by atoms with Crippen molar-refractivity contribution in [2.45, 2.75) is 0 Å². The zero-order valence-electron chi connectivity index (χ0n) is 11.8.